The van der Waals surface area contributed by atoms with E-state index in [-0.39, 0.29) is 23.8 Å². The fourth-order valence-electron chi connectivity index (χ4n) is 2.44. The number of hydrogen-bond donors (Lipinski definition) is 1. The van der Waals surface area contributed by atoms with Crippen LogP contribution in [0.3, 0.4) is 0 Å². The molecule has 2 heterocycles. The maximum absolute atomic E-state index is 11.7. The minimum absolute atomic E-state index is 0.0965. The zero-order chi connectivity index (χ0) is 16.9. The van der Waals surface area contributed by atoms with Crippen LogP contribution in [0.25, 0.3) is 6.08 Å². The Morgan fingerprint density at radius 2 is 2.00 bits per heavy atom. The van der Waals surface area contributed by atoms with Crippen molar-refractivity contribution in [1.82, 2.24) is 15.3 Å². The van der Waals surface area contributed by atoms with Gasteiger partial charge in [-0.1, -0.05) is 30.3 Å². The van der Waals surface area contributed by atoms with Gasteiger partial charge in [-0.3, -0.25) is 9.59 Å². The van der Waals surface area contributed by atoms with E-state index < -0.39 is 0 Å². The predicted octanol–water partition coefficient (Wildman–Crippen LogP) is 1.59. The highest BCUT2D eigenvalue weighted by molar-refractivity contribution is 6.16. The topological polar surface area (TPSA) is 75.2 Å². The molecular formula is C18H18N4O2. The van der Waals surface area contributed by atoms with Gasteiger partial charge in [-0.2, -0.15) is 0 Å². The van der Waals surface area contributed by atoms with Crippen molar-refractivity contribution in [2.24, 2.45) is 0 Å². The van der Waals surface area contributed by atoms with Crippen LogP contribution in [0.2, 0.25) is 0 Å². The third-order valence-electron chi connectivity index (χ3n) is 3.77. The second-order valence-electron chi connectivity index (χ2n) is 5.64. The fourth-order valence-corrected chi connectivity index (χ4v) is 2.44. The Labute approximate surface area is 140 Å². The van der Waals surface area contributed by atoms with Crippen molar-refractivity contribution in [3.63, 3.8) is 0 Å². The number of Topliss-reactive ketones (excluding diaryl/α,β-unsaturated/α-hetero) is 1. The van der Waals surface area contributed by atoms with Crippen LogP contribution in [0, 0.1) is 0 Å². The number of amides is 1. The van der Waals surface area contributed by atoms with Crippen LogP contribution >= 0.6 is 0 Å². The van der Waals surface area contributed by atoms with Gasteiger partial charge < -0.3 is 10.2 Å². The molecule has 6 nitrogen and oxygen atoms in total. The van der Waals surface area contributed by atoms with E-state index in [0.29, 0.717) is 11.6 Å². The Bertz CT molecular complexity index is 787. The first-order valence-corrected chi connectivity index (χ1v) is 7.75. The molecule has 1 fully saturated rings. The van der Waals surface area contributed by atoms with Gasteiger partial charge >= 0.3 is 0 Å². The molecule has 1 aromatic carbocycles. The highest BCUT2D eigenvalue weighted by atomic mass is 16.2. The number of anilines is 1. The number of carbonyl (C=O) groups excluding carboxylic acids is 2. The monoisotopic (exact) mass is 322 g/mol. The Balaban J connectivity index is 1.69. The molecular weight excluding hydrogens is 304 g/mol. The van der Waals surface area contributed by atoms with Gasteiger partial charge in [0.2, 0.25) is 11.9 Å². The van der Waals surface area contributed by atoms with E-state index in [1.165, 1.54) is 5.56 Å². The van der Waals surface area contributed by atoms with Gasteiger partial charge in [-0.05, 0) is 24.1 Å². The summed E-state index contributed by atoms with van der Waals surface area (Å²) in [6.07, 6.45) is 4.03. The molecule has 2 aromatic rings. The minimum Gasteiger partial charge on any atom is -0.344 e. The fraction of sp³-hybridized carbons (Fsp3) is 0.222. The molecule has 1 N–H and O–H groups in total. The molecule has 0 saturated carbocycles. The summed E-state index contributed by atoms with van der Waals surface area (Å²) in [6.45, 7) is 0.777. The average molecular weight is 322 g/mol. The molecule has 1 aliphatic rings. The number of likely N-dealkylation sites (N-methyl/N-ethyl adjacent to an activating group) is 1. The first-order valence-electron chi connectivity index (χ1n) is 7.75. The van der Waals surface area contributed by atoms with E-state index in [2.05, 4.69) is 27.4 Å². The van der Waals surface area contributed by atoms with Gasteiger partial charge in [-0.25, -0.2) is 9.97 Å². The lowest BCUT2D eigenvalue weighted by Crippen LogP contribution is -2.22. The number of aromatic nitrogens is 2. The summed E-state index contributed by atoms with van der Waals surface area (Å²) in [4.78, 5) is 33.6. The summed E-state index contributed by atoms with van der Waals surface area (Å²) in [5, 5.41) is 2.55. The number of nitrogens with zero attached hydrogens (tertiary/aromatic N) is 3. The molecule has 0 radical (unpaired) electrons. The highest BCUT2D eigenvalue weighted by Gasteiger charge is 2.23. The molecule has 122 valence electrons. The van der Waals surface area contributed by atoms with Crippen molar-refractivity contribution in [3.05, 3.63) is 59.5 Å². The Kier molecular flexibility index (Phi) is 4.65. The summed E-state index contributed by atoms with van der Waals surface area (Å²) in [6, 6.07) is 11.9. The summed E-state index contributed by atoms with van der Waals surface area (Å²) in [5.74, 6) is 0.0927. The van der Waals surface area contributed by atoms with Crippen molar-refractivity contribution in [3.8, 4) is 0 Å². The first kappa shape index (κ1) is 15.9. The van der Waals surface area contributed by atoms with E-state index in [1.807, 2.05) is 30.1 Å². The molecule has 0 spiro atoms. The number of benzene rings is 1. The molecule has 6 heteroatoms. The molecule has 24 heavy (non-hydrogen) atoms. The maximum atomic E-state index is 11.7. The summed E-state index contributed by atoms with van der Waals surface area (Å²) in [5.41, 5.74) is 2.13. The van der Waals surface area contributed by atoms with Crippen molar-refractivity contribution >= 4 is 23.7 Å². The SMILES string of the molecule is CN(CCc1ccccc1)c1nccc(/C=C2\NC(=O)CC2=O)n1. The van der Waals surface area contributed by atoms with Gasteiger partial charge in [-0.15, -0.1) is 0 Å². The lowest BCUT2D eigenvalue weighted by molar-refractivity contribution is -0.121. The number of ketones is 1. The Morgan fingerprint density at radius 3 is 2.71 bits per heavy atom. The predicted molar refractivity (Wildman–Crippen MR) is 91.2 cm³/mol. The molecule has 0 atom stereocenters. The van der Waals surface area contributed by atoms with Crippen LogP contribution in [0.4, 0.5) is 5.95 Å². The van der Waals surface area contributed by atoms with Crippen LogP contribution in [-0.4, -0.2) is 35.3 Å². The lowest BCUT2D eigenvalue weighted by atomic mass is 10.1. The number of carbonyl (C=O) groups is 2. The Morgan fingerprint density at radius 1 is 1.21 bits per heavy atom. The molecule has 1 saturated heterocycles. The molecule has 0 unspecified atom stereocenters. The first-order chi connectivity index (χ1) is 11.6. The largest absolute Gasteiger partial charge is 0.344 e. The van der Waals surface area contributed by atoms with E-state index in [1.54, 1.807) is 18.3 Å². The standard InChI is InChI=1S/C18H18N4O2/c1-22(10-8-13-5-3-2-4-6-13)18-19-9-7-14(20-18)11-15-16(23)12-17(24)21-15/h2-7,9,11H,8,10,12H2,1H3,(H,21,24)/b15-11-. The second-order valence-corrected chi connectivity index (χ2v) is 5.64. The van der Waals surface area contributed by atoms with Gasteiger partial charge in [0.05, 0.1) is 17.8 Å². The van der Waals surface area contributed by atoms with Crippen LogP contribution in [0.1, 0.15) is 17.7 Å². The van der Waals surface area contributed by atoms with Crippen LogP contribution in [0.5, 0.6) is 0 Å². The zero-order valence-electron chi connectivity index (χ0n) is 13.4. The number of rotatable bonds is 5. The summed E-state index contributed by atoms with van der Waals surface area (Å²) >= 11 is 0. The zero-order valence-corrected chi connectivity index (χ0v) is 13.4. The molecule has 0 bridgehead atoms. The number of allylic oxidation sites excluding steroid dienone is 1. The third-order valence-corrected chi connectivity index (χ3v) is 3.77. The maximum Gasteiger partial charge on any atom is 0.232 e. The quantitative estimate of drug-likeness (QED) is 0.668. The van der Waals surface area contributed by atoms with Crippen LogP contribution in [-0.2, 0) is 16.0 Å². The lowest BCUT2D eigenvalue weighted by Gasteiger charge is -2.17. The van der Waals surface area contributed by atoms with E-state index >= 15 is 0 Å². The average Bonchev–Trinajstić information content (AvgIpc) is 2.91. The number of nitrogens with one attached hydrogen (secondary N) is 1. The van der Waals surface area contributed by atoms with E-state index in [9.17, 15) is 9.59 Å². The van der Waals surface area contributed by atoms with Crippen molar-refractivity contribution in [2.45, 2.75) is 12.8 Å². The van der Waals surface area contributed by atoms with Gasteiger partial charge in [0.1, 0.15) is 0 Å². The third kappa shape index (κ3) is 3.84. The molecule has 1 aromatic heterocycles. The smallest absolute Gasteiger partial charge is 0.232 e. The van der Waals surface area contributed by atoms with Gasteiger partial charge in [0.15, 0.2) is 5.78 Å². The molecule has 1 amide bonds. The molecule has 3 rings (SSSR count). The van der Waals surface area contributed by atoms with Crippen LogP contribution in [0.15, 0.2) is 48.3 Å². The highest BCUT2D eigenvalue weighted by Crippen LogP contribution is 2.13. The Hall–Kier alpha value is -3.02. The van der Waals surface area contributed by atoms with Crippen molar-refractivity contribution in [1.29, 1.82) is 0 Å². The minimum atomic E-state index is -0.277. The van der Waals surface area contributed by atoms with Crippen molar-refractivity contribution < 1.29 is 9.59 Å². The number of hydrogen-bond acceptors (Lipinski definition) is 5. The summed E-state index contributed by atoms with van der Waals surface area (Å²) < 4.78 is 0. The normalized spacial score (nSPS) is 15.6. The van der Waals surface area contributed by atoms with Crippen LogP contribution < -0.4 is 10.2 Å². The molecule has 1 aliphatic heterocycles. The summed E-state index contributed by atoms with van der Waals surface area (Å²) in [7, 11) is 1.93. The van der Waals surface area contributed by atoms with Gasteiger partial charge in [0, 0.05) is 19.8 Å². The van der Waals surface area contributed by atoms with Crippen molar-refractivity contribution in [2.75, 3.05) is 18.5 Å². The van der Waals surface area contributed by atoms with E-state index in [0.717, 1.165) is 13.0 Å². The van der Waals surface area contributed by atoms with E-state index in [4.69, 9.17) is 0 Å². The van der Waals surface area contributed by atoms with Gasteiger partial charge in [0.25, 0.3) is 0 Å². The second kappa shape index (κ2) is 7.04. The molecule has 0 aliphatic carbocycles.